The molecule has 0 aliphatic rings. The number of aromatic nitrogens is 1. The van der Waals surface area contributed by atoms with E-state index in [-0.39, 0.29) is 11.4 Å². The first kappa shape index (κ1) is 12.3. The highest BCUT2D eigenvalue weighted by Gasteiger charge is 2.26. The summed E-state index contributed by atoms with van der Waals surface area (Å²) in [4.78, 5) is 14.8. The van der Waals surface area contributed by atoms with Gasteiger partial charge < -0.3 is 10.4 Å². The quantitative estimate of drug-likeness (QED) is 0.832. The highest BCUT2D eigenvalue weighted by atomic mass is 19.4. The summed E-state index contributed by atoms with van der Waals surface area (Å²) in [6.07, 6.45) is -4.18. The molecule has 1 aromatic rings. The van der Waals surface area contributed by atoms with Crippen molar-refractivity contribution in [3.05, 3.63) is 24.0 Å². The number of aromatic hydroxyl groups is 1. The Bertz CT molecular complexity index is 379. The third kappa shape index (κ3) is 3.76. The van der Waals surface area contributed by atoms with Gasteiger partial charge in [0.05, 0.1) is 6.42 Å². The second-order valence-corrected chi connectivity index (χ2v) is 2.99. The normalized spacial score (nSPS) is 11.2. The second-order valence-electron chi connectivity index (χ2n) is 2.99. The first-order chi connectivity index (χ1) is 7.40. The van der Waals surface area contributed by atoms with Gasteiger partial charge in [0.15, 0.2) is 5.69 Å². The zero-order valence-electron chi connectivity index (χ0n) is 8.08. The van der Waals surface area contributed by atoms with E-state index in [0.717, 1.165) is 0 Å². The molecule has 4 nitrogen and oxygen atoms in total. The van der Waals surface area contributed by atoms with Gasteiger partial charge in [-0.2, -0.15) is 13.2 Å². The first-order valence-corrected chi connectivity index (χ1v) is 4.39. The summed E-state index contributed by atoms with van der Waals surface area (Å²) >= 11 is 0. The highest BCUT2D eigenvalue weighted by Crippen LogP contribution is 2.18. The van der Waals surface area contributed by atoms with Crippen LogP contribution in [-0.2, 0) is 0 Å². The van der Waals surface area contributed by atoms with Crippen molar-refractivity contribution in [2.45, 2.75) is 12.6 Å². The number of nitrogens with zero attached hydrogens (tertiary/aromatic N) is 1. The Kier molecular flexibility index (Phi) is 3.70. The number of carbonyl (C=O) groups is 1. The lowest BCUT2D eigenvalue weighted by atomic mass is 10.3. The zero-order chi connectivity index (χ0) is 12.2. The number of amides is 1. The van der Waals surface area contributed by atoms with Crippen LogP contribution >= 0.6 is 0 Å². The molecule has 0 aliphatic heterocycles. The number of alkyl halides is 3. The van der Waals surface area contributed by atoms with Crippen LogP contribution in [0.4, 0.5) is 13.2 Å². The van der Waals surface area contributed by atoms with E-state index in [2.05, 4.69) is 4.98 Å². The summed E-state index contributed by atoms with van der Waals surface area (Å²) in [5.41, 5.74) is -0.287. The average molecular weight is 234 g/mol. The molecule has 0 unspecified atom stereocenters. The Morgan fingerprint density at radius 1 is 1.50 bits per heavy atom. The van der Waals surface area contributed by atoms with Gasteiger partial charge in [0, 0.05) is 12.7 Å². The largest absolute Gasteiger partial charge is 0.505 e. The molecule has 1 aromatic heterocycles. The van der Waals surface area contributed by atoms with E-state index in [1.54, 1.807) is 0 Å². The summed E-state index contributed by atoms with van der Waals surface area (Å²) < 4.78 is 35.3. The van der Waals surface area contributed by atoms with Crippen LogP contribution in [0.1, 0.15) is 16.9 Å². The minimum atomic E-state index is -4.32. The van der Waals surface area contributed by atoms with E-state index in [1.165, 1.54) is 18.3 Å². The second kappa shape index (κ2) is 4.82. The maximum absolute atomic E-state index is 11.8. The molecular formula is C9H9F3N2O2. The monoisotopic (exact) mass is 234 g/mol. The number of pyridine rings is 1. The van der Waals surface area contributed by atoms with Gasteiger partial charge in [-0.1, -0.05) is 0 Å². The molecule has 7 heteroatoms. The minimum absolute atomic E-state index is 0.287. The molecule has 0 aromatic carbocycles. The number of halogens is 3. The molecule has 0 spiro atoms. The van der Waals surface area contributed by atoms with Crippen LogP contribution in [0.3, 0.4) is 0 Å². The van der Waals surface area contributed by atoms with Crippen LogP contribution in [0, 0.1) is 0 Å². The molecule has 0 fully saturated rings. The fourth-order valence-electron chi connectivity index (χ4n) is 0.973. The summed E-state index contributed by atoms with van der Waals surface area (Å²) in [5, 5.41) is 11.2. The lowest BCUT2D eigenvalue weighted by Crippen LogP contribution is -2.28. The minimum Gasteiger partial charge on any atom is -0.505 e. The fourth-order valence-corrected chi connectivity index (χ4v) is 0.973. The summed E-state index contributed by atoms with van der Waals surface area (Å²) in [7, 11) is 0. The van der Waals surface area contributed by atoms with Crippen molar-refractivity contribution in [1.29, 1.82) is 0 Å². The van der Waals surface area contributed by atoms with Gasteiger partial charge in [0.2, 0.25) is 0 Å². The molecule has 1 rings (SSSR count). The number of hydrogen-bond acceptors (Lipinski definition) is 3. The molecule has 0 bridgehead atoms. The topological polar surface area (TPSA) is 62.2 Å². The lowest BCUT2D eigenvalue weighted by molar-refractivity contribution is -0.132. The van der Waals surface area contributed by atoms with Gasteiger partial charge in [-0.15, -0.1) is 0 Å². The van der Waals surface area contributed by atoms with Crippen molar-refractivity contribution in [3.63, 3.8) is 0 Å². The summed E-state index contributed by atoms with van der Waals surface area (Å²) in [6.45, 7) is -0.543. The van der Waals surface area contributed by atoms with Crippen molar-refractivity contribution >= 4 is 5.91 Å². The van der Waals surface area contributed by atoms with Gasteiger partial charge in [-0.3, -0.25) is 4.79 Å². The standard InChI is InChI=1S/C9H9F3N2O2/c10-9(11,12)3-5-14-8(16)7-6(15)2-1-4-13-7/h1-2,4,15H,3,5H2,(H,14,16). The third-order valence-corrected chi connectivity index (χ3v) is 1.70. The number of nitrogens with one attached hydrogen (secondary N) is 1. The molecular weight excluding hydrogens is 225 g/mol. The Hall–Kier alpha value is -1.79. The predicted molar refractivity (Wildman–Crippen MR) is 48.9 cm³/mol. The maximum atomic E-state index is 11.8. The van der Waals surface area contributed by atoms with Crippen molar-refractivity contribution in [2.75, 3.05) is 6.54 Å². The Morgan fingerprint density at radius 2 is 2.19 bits per heavy atom. The van der Waals surface area contributed by atoms with Crippen LogP contribution in [0.25, 0.3) is 0 Å². The van der Waals surface area contributed by atoms with E-state index < -0.39 is 25.0 Å². The summed E-state index contributed by atoms with van der Waals surface area (Å²) in [5.74, 6) is -1.20. The molecule has 16 heavy (non-hydrogen) atoms. The highest BCUT2D eigenvalue weighted by molar-refractivity contribution is 5.94. The van der Waals surface area contributed by atoms with Crippen LogP contribution in [0.2, 0.25) is 0 Å². The van der Waals surface area contributed by atoms with Crippen molar-refractivity contribution in [2.24, 2.45) is 0 Å². The maximum Gasteiger partial charge on any atom is 0.390 e. The van der Waals surface area contributed by atoms with Gasteiger partial charge in [-0.05, 0) is 12.1 Å². The molecule has 0 atom stereocenters. The molecule has 1 heterocycles. The third-order valence-electron chi connectivity index (χ3n) is 1.70. The van der Waals surface area contributed by atoms with Crippen molar-refractivity contribution in [1.82, 2.24) is 10.3 Å². The molecule has 0 radical (unpaired) electrons. The number of carbonyl (C=O) groups excluding carboxylic acids is 1. The van der Waals surface area contributed by atoms with Gasteiger partial charge in [0.25, 0.3) is 5.91 Å². The Morgan fingerprint density at radius 3 is 2.75 bits per heavy atom. The number of rotatable bonds is 3. The molecule has 0 saturated carbocycles. The smallest absolute Gasteiger partial charge is 0.390 e. The van der Waals surface area contributed by atoms with Gasteiger partial charge in [-0.25, -0.2) is 4.98 Å². The SMILES string of the molecule is O=C(NCCC(F)(F)F)c1ncccc1O. The average Bonchev–Trinajstić information content (AvgIpc) is 2.16. The van der Waals surface area contributed by atoms with Gasteiger partial charge >= 0.3 is 6.18 Å². The van der Waals surface area contributed by atoms with Crippen molar-refractivity contribution < 1.29 is 23.1 Å². The zero-order valence-corrected chi connectivity index (χ0v) is 8.08. The van der Waals surface area contributed by atoms with E-state index in [4.69, 9.17) is 0 Å². The van der Waals surface area contributed by atoms with Crippen molar-refractivity contribution in [3.8, 4) is 5.75 Å². The summed E-state index contributed by atoms with van der Waals surface area (Å²) in [6, 6.07) is 2.63. The van der Waals surface area contributed by atoms with Crippen LogP contribution in [0.15, 0.2) is 18.3 Å². The Balaban J connectivity index is 2.51. The molecule has 88 valence electrons. The van der Waals surface area contributed by atoms with Gasteiger partial charge in [0.1, 0.15) is 5.75 Å². The predicted octanol–water partition coefficient (Wildman–Crippen LogP) is 1.47. The lowest BCUT2D eigenvalue weighted by Gasteiger charge is -2.07. The van der Waals surface area contributed by atoms with E-state index >= 15 is 0 Å². The van der Waals surface area contributed by atoms with E-state index in [0.29, 0.717) is 0 Å². The molecule has 0 aliphatic carbocycles. The van der Waals surface area contributed by atoms with E-state index in [1.807, 2.05) is 5.32 Å². The van der Waals surface area contributed by atoms with Crippen LogP contribution in [0.5, 0.6) is 5.75 Å². The fraction of sp³-hybridized carbons (Fsp3) is 0.333. The van der Waals surface area contributed by atoms with Crippen LogP contribution in [-0.4, -0.2) is 28.7 Å². The van der Waals surface area contributed by atoms with E-state index in [9.17, 15) is 23.1 Å². The first-order valence-electron chi connectivity index (χ1n) is 4.39. The number of hydrogen-bond donors (Lipinski definition) is 2. The molecule has 0 saturated heterocycles. The molecule has 1 amide bonds. The Labute approximate surface area is 89.1 Å². The molecule has 2 N–H and O–H groups in total. The van der Waals surface area contributed by atoms with Crippen LogP contribution < -0.4 is 5.32 Å².